The van der Waals surface area contributed by atoms with Gasteiger partial charge < -0.3 is 24.0 Å². The van der Waals surface area contributed by atoms with Crippen LogP contribution >= 0.6 is 0 Å². The topological polar surface area (TPSA) is 4.44 Å². The van der Waals surface area contributed by atoms with E-state index in [1.807, 2.05) is 0 Å². The molecule has 0 bridgehead atoms. The first-order valence-electron chi connectivity index (χ1n) is 6.80. The largest absolute Gasteiger partial charge is 1.00 e. The predicted octanol–water partition coefficient (Wildman–Crippen LogP) is 0.766. The average molecular weight is 373 g/mol. The van der Waals surface area contributed by atoms with E-state index in [9.17, 15) is 0 Å². The van der Waals surface area contributed by atoms with Crippen LogP contribution in [0.2, 0.25) is 0 Å². The Morgan fingerprint density at radius 3 is 2.25 bits per heavy atom. The molecule has 20 heavy (non-hydrogen) atoms. The number of para-hydroxylation sites is 1. The van der Waals surface area contributed by atoms with Gasteiger partial charge in [-0.25, -0.2) is 0 Å². The van der Waals surface area contributed by atoms with E-state index in [1.54, 1.807) is 0 Å². The van der Waals surface area contributed by atoms with E-state index in [0.29, 0.717) is 6.04 Å². The molecule has 0 saturated heterocycles. The van der Waals surface area contributed by atoms with Gasteiger partial charge in [0.2, 0.25) is 0 Å². The second-order valence-corrected chi connectivity index (χ2v) is 5.25. The summed E-state index contributed by atoms with van der Waals surface area (Å²) in [5, 5.41) is 2.80. The fourth-order valence-corrected chi connectivity index (χ4v) is 3.37. The summed E-state index contributed by atoms with van der Waals surface area (Å²) in [7, 11) is 0. The van der Waals surface area contributed by atoms with Gasteiger partial charge in [-0.05, 0) is 24.4 Å². The van der Waals surface area contributed by atoms with E-state index >= 15 is 0 Å². The van der Waals surface area contributed by atoms with Crippen molar-refractivity contribution in [1.82, 2.24) is 0 Å². The molecule has 0 aromatic heterocycles. The van der Waals surface area contributed by atoms with E-state index in [0.717, 1.165) is 0 Å². The third-order valence-corrected chi connectivity index (χ3v) is 4.21. The summed E-state index contributed by atoms with van der Waals surface area (Å²) < 4.78 is 0. The molecule has 0 spiro atoms. The zero-order valence-electron chi connectivity index (χ0n) is 11.3. The van der Waals surface area contributed by atoms with Crippen LogP contribution in [-0.4, -0.2) is 0 Å². The maximum atomic E-state index is 2.32. The SMILES string of the molecule is CC1c2cccc3cccc(c23)[NH+]1c1ccccc1.[I-]. The Morgan fingerprint density at radius 2 is 1.50 bits per heavy atom. The number of rotatable bonds is 1. The molecule has 0 saturated carbocycles. The van der Waals surface area contributed by atoms with Crippen molar-refractivity contribution in [2.24, 2.45) is 0 Å². The minimum absolute atomic E-state index is 0. The highest BCUT2D eigenvalue weighted by molar-refractivity contribution is 5.95. The molecule has 1 N–H and O–H groups in total. The van der Waals surface area contributed by atoms with Crippen molar-refractivity contribution in [3.63, 3.8) is 0 Å². The van der Waals surface area contributed by atoms with Crippen LogP contribution in [0.5, 0.6) is 0 Å². The molecular weight excluding hydrogens is 357 g/mol. The van der Waals surface area contributed by atoms with Gasteiger partial charge in [-0.3, -0.25) is 4.90 Å². The van der Waals surface area contributed by atoms with E-state index < -0.39 is 0 Å². The van der Waals surface area contributed by atoms with Crippen LogP contribution in [-0.2, 0) is 0 Å². The lowest BCUT2D eigenvalue weighted by Crippen LogP contribution is -3.00. The highest BCUT2D eigenvalue weighted by atomic mass is 127. The van der Waals surface area contributed by atoms with Crippen LogP contribution in [0, 0.1) is 0 Å². The van der Waals surface area contributed by atoms with Crippen LogP contribution in [0.15, 0.2) is 66.7 Å². The Balaban J connectivity index is 0.00000121. The number of hydrogen-bond donors (Lipinski definition) is 1. The summed E-state index contributed by atoms with van der Waals surface area (Å²) in [5.74, 6) is 0. The molecule has 100 valence electrons. The second-order valence-electron chi connectivity index (χ2n) is 5.25. The lowest BCUT2D eigenvalue weighted by atomic mass is 10.0. The average Bonchev–Trinajstić information content (AvgIpc) is 2.76. The van der Waals surface area contributed by atoms with Gasteiger partial charge in [-0.15, -0.1) is 0 Å². The van der Waals surface area contributed by atoms with Crippen molar-refractivity contribution in [1.29, 1.82) is 0 Å². The molecule has 1 nitrogen and oxygen atoms in total. The minimum atomic E-state index is 0. The zero-order valence-corrected chi connectivity index (χ0v) is 13.5. The number of halogens is 1. The Labute approximate surface area is 136 Å². The molecule has 1 heterocycles. The predicted molar refractivity (Wildman–Crippen MR) is 79.1 cm³/mol. The lowest BCUT2D eigenvalue weighted by Gasteiger charge is -2.19. The van der Waals surface area contributed by atoms with Crippen LogP contribution < -0.4 is 28.9 Å². The zero-order chi connectivity index (χ0) is 12.8. The fraction of sp³-hybridized carbons (Fsp3) is 0.111. The first-order chi connectivity index (χ1) is 9.36. The maximum Gasteiger partial charge on any atom is 0.145 e. The van der Waals surface area contributed by atoms with Crippen molar-refractivity contribution in [2.75, 3.05) is 0 Å². The van der Waals surface area contributed by atoms with E-state index in [-0.39, 0.29) is 24.0 Å². The molecule has 0 fully saturated rings. The molecule has 3 aromatic rings. The Bertz CT molecular complexity index is 746. The Kier molecular flexibility index (Phi) is 3.52. The van der Waals surface area contributed by atoms with Crippen LogP contribution in [0.1, 0.15) is 18.5 Å². The Hall–Kier alpha value is -1.39. The van der Waals surface area contributed by atoms with Crippen LogP contribution in [0.25, 0.3) is 10.8 Å². The number of nitrogens with one attached hydrogen (secondary N) is 1. The molecular formula is C18H16IN. The third-order valence-electron chi connectivity index (χ3n) is 4.21. The van der Waals surface area contributed by atoms with Crippen molar-refractivity contribution < 1.29 is 28.9 Å². The van der Waals surface area contributed by atoms with Crippen molar-refractivity contribution in [3.05, 3.63) is 72.3 Å². The number of hydrogen-bond acceptors (Lipinski definition) is 0. The standard InChI is InChI=1S/C18H15N.HI/c1-13-16-11-5-7-14-8-6-12-17(18(14)16)19(13)15-9-3-2-4-10-15;/h2-13H,1H3;1H. The molecule has 2 atom stereocenters. The molecule has 2 unspecified atom stereocenters. The summed E-state index contributed by atoms with van der Waals surface area (Å²) in [5.41, 5.74) is 4.22. The molecule has 0 amide bonds. The van der Waals surface area contributed by atoms with Crippen molar-refractivity contribution in [3.8, 4) is 0 Å². The van der Waals surface area contributed by atoms with Gasteiger partial charge in [-0.1, -0.05) is 48.5 Å². The number of quaternary nitrogens is 1. The smallest absolute Gasteiger partial charge is 0.145 e. The summed E-state index contributed by atoms with van der Waals surface area (Å²) in [6, 6.07) is 24.5. The Morgan fingerprint density at radius 1 is 0.800 bits per heavy atom. The maximum absolute atomic E-state index is 2.32. The van der Waals surface area contributed by atoms with Gasteiger partial charge in [0, 0.05) is 11.6 Å². The normalized spacial score (nSPS) is 19.9. The monoisotopic (exact) mass is 373 g/mol. The molecule has 4 rings (SSSR count). The summed E-state index contributed by atoms with van der Waals surface area (Å²) >= 11 is 0. The molecule has 1 aliphatic rings. The van der Waals surface area contributed by atoms with Gasteiger partial charge in [0.25, 0.3) is 0 Å². The molecule has 1 aliphatic heterocycles. The van der Waals surface area contributed by atoms with Crippen molar-refractivity contribution >= 4 is 22.1 Å². The van der Waals surface area contributed by atoms with Crippen LogP contribution in [0.3, 0.4) is 0 Å². The van der Waals surface area contributed by atoms with E-state index in [4.69, 9.17) is 0 Å². The molecule has 0 aliphatic carbocycles. The lowest BCUT2D eigenvalue weighted by molar-refractivity contribution is -0.790. The van der Waals surface area contributed by atoms with Gasteiger partial charge in [0.05, 0.1) is 5.39 Å². The summed E-state index contributed by atoms with van der Waals surface area (Å²) in [6.07, 6.45) is 0. The van der Waals surface area contributed by atoms with E-state index in [2.05, 4.69) is 73.7 Å². The highest BCUT2D eigenvalue weighted by Crippen LogP contribution is 2.35. The minimum Gasteiger partial charge on any atom is -1.00 e. The number of benzene rings is 3. The van der Waals surface area contributed by atoms with Gasteiger partial charge >= 0.3 is 0 Å². The molecule has 2 heteroatoms. The first-order valence-corrected chi connectivity index (χ1v) is 6.80. The van der Waals surface area contributed by atoms with Gasteiger partial charge in [-0.2, -0.15) is 0 Å². The first kappa shape index (κ1) is 13.6. The molecule has 3 aromatic carbocycles. The highest BCUT2D eigenvalue weighted by Gasteiger charge is 2.34. The summed E-state index contributed by atoms with van der Waals surface area (Å²) in [4.78, 5) is 1.47. The van der Waals surface area contributed by atoms with Gasteiger partial charge in [0.1, 0.15) is 17.4 Å². The summed E-state index contributed by atoms with van der Waals surface area (Å²) in [6.45, 7) is 2.32. The quantitative estimate of drug-likeness (QED) is 0.601. The van der Waals surface area contributed by atoms with Crippen LogP contribution in [0.4, 0.5) is 11.4 Å². The van der Waals surface area contributed by atoms with Crippen molar-refractivity contribution in [2.45, 2.75) is 13.0 Å². The fourth-order valence-electron chi connectivity index (χ4n) is 3.37. The molecule has 0 radical (unpaired) electrons. The van der Waals surface area contributed by atoms with E-state index in [1.165, 1.54) is 32.6 Å². The third kappa shape index (κ3) is 1.86. The second kappa shape index (κ2) is 5.19. The van der Waals surface area contributed by atoms with Gasteiger partial charge in [0.15, 0.2) is 0 Å².